The summed E-state index contributed by atoms with van der Waals surface area (Å²) in [5.41, 5.74) is 2.58. The Bertz CT molecular complexity index is 270. The average Bonchev–Trinajstić information content (AvgIpc) is 2.54. The highest BCUT2D eigenvalue weighted by Crippen LogP contribution is 2.07. The van der Waals surface area contributed by atoms with Crippen molar-refractivity contribution in [2.45, 2.75) is 19.9 Å². The fourth-order valence-corrected chi connectivity index (χ4v) is 1.51. The molecule has 0 saturated heterocycles. The Morgan fingerprint density at radius 3 is 3.00 bits per heavy atom. The molecule has 4 heteroatoms. The molecule has 0 amide bonds. The van der Waals surface area contributed by atoms with Crippen LogP contribution in [0, 0.1) is 0 Å². The molecule has 1 aromatic rings. The topological polar surface area (TPSA) is 39.1 Å². The summed E-state index contributed by atoms with van der Waals surface area (Å²) >= 11 is 0. The molecule has 0 fully saturated rings. The van der Waals surface area contributed by atoms with Crippen molar-refractivity contribution in [3.63, 3.8) is 0 Å². The van der Waals surface area contributed by atoms with E-state index >= 15 is 0 Å². The number of aryl methyl sites for hydroxylation is 1. The van der Waals surface area contributed by atoms with Crippen LogP contribution in [0.3, 0.4) is 0 Å². The summed E-state index contributed by atoms with van der Waals surface area (Å²) in [6, 6.07) is 0. The van der Waals surface area contributed by atoms with Crippen LogP contribution in [0.5, 0.6) is 0 Å². The second-order valence-electron chi connectivity index (χ2n) is 3.26. The molecule has 1 N–H and O–H groups in total. The summed E-state index contributed by atoms with van der Waals surface area (Å²) in [4.78, 5) is 0. The van der Waals surface area contributed by atoms with E-state index in [1.165, 1.54) is 11.3 Å². The highest BCUT2D eigenvalue weighted by molar-refractivity contribution is 5.17. The second kappa shape index (κ2) is 5.78. The van der Waals surface area contributed by atoms with Gasteiger partial charge in [0.2, 0.25) is 0 Å². The van der Waals surface area contributed by atoms with E-state index in [0.717, 1.165) is 26.1 Å². The molecule has 0 radical (unpaired) electrons. The van der Waals surface area contributed by atoms with Crippen molar-refractivity contribution in [1.29, 1.82) is 0 Å². The maximum absolute atomic E-state index is 4.96. The van der Waals surface area contributed by atoms with Gasteiger partial charge >= 0.3 is 0 Å². The van der Waals surface area contributed by atoms with Crippen molar-refractivity contribution >= 4 is 0 Å². The molecule has 14 heavy (non-hydrogen) atoms. The van der Waals surface area contributed by atoms with E-state index in [-0.39, 0.29) is 0 Å². The van der Waals surface area contributed by atoms with Crippen LogP contribution in [-0.4, -0.2) is 30.0 Å². The molecule has 1 aromatic heterocycles. The third kappa shape index (κ3) is 2.82. The maximum atomic E-state index is 4.96. The van der Waals surface area contributed by atoms with E-state index in [4.69, 9.17) is 4.74 Å². The first-order chi connectivity index (χ1) is 6.79. The summed E-state index contributed by atoms with van der Waals surface area (Å²) in [7, 11) is 3.70. The van der Waals surface area contributed by atoms with Crippen LogP contribution in [0.25, 0.3) is 0 Å². The van der Waals surface area contributed by atoms with Crippen LogP contribution >= 0.6 is 0 Å². The number of aromatic nitrogens is 2. The van der Waals surface area contributed by atoms with Crippen molar-refractivity contribution in [1.82, 2.24) is 15.1 Å². The van der Waals surface area contributed by atoms with Gasteiger partial charge in [-0.15, -0.1) is 0 Å². The molecule has 0 saturated carbocycles. The van der Waals surface area contributed by atoms with E-state index < -0.39 is 0 Å². The normalized spacial score (nSPS) is 10.8. The minimum absolute atomic E-state index is 0.752. The quantitative estimate of drug-likeness (QED) is 0.683. The zero-order chi connectivity index (χ0) is 10.4. The van der Waals surface area contributed by atoms with Crippen molar-refractivity contribution < 1.29 is 4.74 Å². The first-order valence-corrected chi connectivity index (χ1v) is 4.99. The molecule has 0 aliphatic carbocycles. The minimum atomic E-state index is 0.752. The molecular weight excluding hydrogens is 178 g/mol. The van der Waals surface area contributed by atoms with Crippen molar-refractivity contribution in [3.8, 4) is 0 Å². The number of rotatable bonds is 6. The van der Waals surface area contributed by atoms with Gasteiger partial charge in [0.1, 0.15) is 0 Å². The third-order valence-electron chi connectivity index (χ3n) is 2.28. The lowest BCUT2D eigenvalue weighted by atomic mass is 10.2. The smallest absolute Gasteiger partial charge is 0.0587 e. The Morgan fingerprint density at radius 1 is 1.57 bits per heavy atom. The van der Waals surface area contributed by atoms with Gasteiger partial charge in [0, 0.05) is 38.5 Å². The molecule has 80 valence electrons. The lowest BCUT2D eigenvalue weighted by Gasteiger charge is -2.05. The summed E-state index contributed by atoms with van der Waals surface area (Å²) in [6.45, 7) is 4.66. The van der Waals surface area contributed by atoms with Gasteiger partial charge in [-0.05, 0) is 6.42 Å². The lowest BCUT2D eigenvalue weighted by molar-refractivity contribution is 0.199. The summed E-state index contributed by atoms with van der Waals surface area (Å²) < 4.78 is 6.90. The standard InChI is InChI=1S/C10H19N3O/c1-4-10-9(8-12-13(10)2)7-11-5-6-14-3/h8,11H,4-7H2,1-3H3. The molecule has 1 rings (SSSR count). The van der Waals surface area contributed by atoms with Gasteiger partial charge in [-0.3, -0.25) is 4.68 Å². The maximum Gasteiger partial charge on any atom is 0.0587 e. The molecule has 0 aliphatic heterocycles. The fourth-order valence-electron chi connectivity index (χ4n) is 1.51. The van der Waals surface area contributed by atoms with Crippen LogP contribution < -0.4 is 5.32 Å². The number of hydrogen-bond donors (Lipinski definition) is 1. The molecule has 0 aliphatic rings. The van der Waals surface area contributed by atoms with Crippen LogP contribution in [0.4, 0.5) is 0 Å². The van der Waals surface area contributed by atoms with Gasteiger partial charge < -0.3 is 10.1 Å². The zero-order valence-electron chi connectivity index (χ0n) is 9.21. The molecule has 0 bridgehead atoms. The summed E-state index contributed by atoms with van der Waals surface area (Å²) in [5.74, 6) is 0. The SMILES string of the molecule is CCc1c(CNCCOC)cnn1C. The minimum Gasteiger partial charge on any atom is -0.383 e. The first-order valence-electron chi connectivity index (χ1n) is 4.99. The number of nitrogens with one attached hydrogen (secondary N) is 1. The predicted molar refractivity (Wildman–Crippen MR) is 56.2 cm³/mol. The Kier molecular flexibility index (Phi) is 4.62. The fraction of sp³-hybridized carbons (Fsp3) is 0.700. The summed E-state index contributed by atoms with van der Waals surface area (Å²) in [5, 5.41) is 7.54. The number of methoxy groups -OCH3 is 1. The third-order valence-corrected chi connectivity index (χ3v) is 2.28. The first kappa shape index (κ1) is 11.2. The molecule has 0 atom stereocenters. The monoisotopic (exact) mass is 197 g/mol. The Hall–Kier alpha value is -0.870. The van der Waals surface area contributed by atoms with Crippen LogP contribution in [0.1, 0.15) is 18.2 Å². The largest absolute Gasteiger partial charge is 0.383 e. The average molecular weight is 197 g/mol. The van der Waals surface area contributed by atoms with E-state index in [0.29, 0.717) is 0 Å². The lowest BCUT2D eigenvalue weighted by Crippen LogP contribution is -2.19. The predicted octanol–water partition coefficient (Wildman–Crippen LogP) is 0.718. The van der Waals surface area contributed by atoms with Gasteiger partial charge in [0.05, 0.1) is 12.8 Å². The summed E-state index contributed by atoms with van der Waals surface area (Å²) in [6.07, 6.45) is 2.95. The van der Waals surface area contributed by atoms with Crippen LogP contribution in [0.2, 0.25) is 0 Å². The van der Waals surface area contributed by atoms with E-state index in [1.807, 2.05) is 17.9 Å². The van der Waals surface area contributed by atoms with E-state index in [2.05, 4.69) is 17.3 Å². The molecule has 0 unspecified atom stereocenters. The molecule has 0 spiro atoms. The van der Waals surface area contributed by atoms with Gasteiger partial charge in [0.25, 0.3) is 0 Å². The molecule has 1 heterocycles. The van der Waals surface area contributed by atoms with Gasteiger partial charge in [-0.2, -0.15) is 5.10 Å². The van der Waals surface area contributed by atoms with Crippen molar-refractivity contribution in [3.05, 3.63) is 17.5 Å². The molecule has 0 aromatic carbocycles. The Morgan fingerprint density at radius 2 is 2.36 bits per heavy atom. The van der Waals surface area contributed by atoms with Gasteiger partial charge in [-0.1, -0.05) is 6.92 Å². The Labute approximate surface area is 85.3 Å². The van der Waals surface area contributed by atoms with Gasteiger partial charge in [-0.25, -0.2) is 0 Å². The zero-order valence-corrected chi connectivity index (χ0v) is 9.21. The van der Waals surface area contributed by atoms with E-state index in [9.17, 15) is 0 Å². The second-order valence-corrected chi connectivity index (χ2v) is 3.26. The van der Waals surface area contributed by atoms with Crippen molar-refractivity contribution in [2.24, 2.45) is 7.05 Å². The molecule has 4 nitrogen and oxygen atoms in total. The van der Waals surface area contributed by atoms with Crippen molar-refractivity contribution in [2.75, 3.05) is 20.3 Å². The van der Waals surface area contributed by atoms with Gasteiger partial charge in [0.15, 0.2) is 0 Å². The van der Waals surface area contributed by atoms with E-state index in [1.54, 1.807) is 7.11 Å². The Balaban J connectivity index is 2.42. The highest BCUT2D eigenvalue weighted by atomic mass is 16.5. The number of hydrogen-bond acceptors (Lipinski definition) is 3. The van der Waals surface area contributed by atoms with Crippen LogP contribution in [0.15, 0.2) is 6.20 Å². The number of ether oxygens (including phenoxy) is 1. The number of nitrogens with zero attached hydrogens (tertiary/aromatic N) is 2. The molecular formula is C10H19N3O. The highest BCUT2D eigenvalue weighted by Gasteiger charge is 2.04. The van der Waals surface area contributed by atoms with Crippen LogP contribution in [-0.2, 0) is 24.8 Å².